The first-order valence-electron chi connectivity index (χ1n) is 13.3. The third-order valence-corrected chi connectivity index (χ3v) is 11.8. The van der Waals surface area contributed by atoms with Crippen LogP contribution in [0.4, 0.5) is 0 Å². The van der Waals surface area contributed by atoms with Gasteiger partial charge in [0.2, 0.25) is 0 Å². The minimum Gasteiger partial charge on any atom is -0.509 e. The van der Waals surface area contributed by atoms with Gasteiger partial charge in [-0.1, -0.05) is 34.1 Å². The highest BCUT2D eigenvalue weighted by Crippen LogP contribution is 2.71. The summed E-state index contributed by atoms with van der Waals surface area (Å²) in [5, 5.41) is 30.9. The van der Waals surface area contributed by atoms with Crippen LogP contribution in [-0.2, 0) is 9.59 Å². The molecule has 3 N–H and O–H groups in total. The molecule has 5 rings (SSSR count). The normalized spacial score (nSPS) is 51.8. The van der Waals surface area contributed by atoms with Gasteiger partial charge in [0.15, 0.2) is 0 Å². The van der Waals surface area contributed by atoms with E-state index >= 15 is 0 Å². The molecule has 4 saturated carbocycles. The van der Waals surface area contributed by atoms with Crippen molar-refractivity contribution in [1.82, 2.24) is 0 Å². The SMILES string of the molecule is CC1CCC2(CC(=O)O)CCC3C(C(=O)CC4C5(C)CC(O)=C(O)C(C)C5CCC34C)C2C1. The fourth-order valence-electron chi connectivity index (χ4n) is 10.3. The molecule has 5 aliphatic carbocycles. The summed E-state index contributed by atoms with van der Waals surface area (Å²) < 4.78 is 0. The van der Waals surface area contributed by atoms with Crippen LogP contribution < -0.4 is 0 Å². The monoisotopic (exact) mass is 458 g/mol. The van der Waals surface area contributed by atoms with E-state index in [1.54, 1.807) is 0 Å². The second-order valence-corrected chi connectivity index (χ2v) is 13.3. The molecule has 0 heterocycles. The maximum absolute atomic E-state index is 14.0. The molecule has 10 unspecified atom stereocenters. The van der Waals surface area contributed by atoms with E-state index < -0.39 is 5.97 Å². The van der Waals surface area contributed by atoms with Crippen molar-refractivity contribution in [2.45, 2.75) is 91.9 Å². The van der Waals surface area contributed by atoms with Crippen molar-refractivity contribution < 1.29 is 24.9 Å². The van der Waals surface area contributed by atoms with E-state index in [4.69, 9.17) is 0 Å². The van der Waals surface area contributed by atoms with Gasteiger partial charge in [-0.25, -0.2) is 0 Å². The predicted molar refractivity (Wildman–Crippen MR) is 126 cm³/mol. The minimum atomic E-state index is -0.716. The molecule has 0 bridgehead atoms. The Balaban J connectivity index is 1.53. The van der Waals surface area contributed by atoms with Gasteiger partial charge in [-0.2, -0.15) is 0 Å². The summed E-state index contributed by atoms with van der Waals surface area (Å²) in [6, 6.07) is 0. The number of aliphatic hydroxyl groups excluding tert-OH is 2. The van der Waals surface area contributed by atoms with Crippen LogP contribution in [0.3, 0.4) is 0 Å². The number of carboxylic acids is 1. The molecule has 0 spiro atoms. The topological polar surface area (TPSA) is 94.8 Å². The van der Waals surface area contributed by atoms with E-state index in [1.165, 1.54) is 0 Å². The zero-order valence-electron chi connectivity index (χ0n) is 20.8. The Hall–Kier alpha value is -1.52. The number of Topliss-reactive ketones (excluding diaryl/α,β-unsaturated/α-hetero) is 1. The van der Waals surface area contributed by atoms with Crippen molar-refractivity contribution in [3.63, 3.8) is 0 Å². The van der Waals surface area contributed by atoms with Gasteiger partial charge in [-0.3, -0.25) is 9.59 Å². The van der Waals surface area contributed by atoms with Crippen LogP contribution in [0.5, 0.6) is 0 Å². The maximum Gasteiger partial charge on any atom is 0.303 e. The van der Waals surface area contributed by atoms with Gasteiger partial charge in [-0.05, 0) is 84.4 Å². The van der Waals surface area contributed by atoms with E-state index in [0.29, 0.717) is 30.5 Å². The average Bonchev–Trinajstić information content (AvgIpc) is 2.73. The van der Waals surface area contributed by atoms with Crippen LogP contribution in [0.1, 0.15) is 91.9 Å². The summed E-state index contributed by atoms with van der Waals surface area (Å²) in [5.74, 6) is 1.32. The lowest BCUT2D eigenvalue weighted by molar-refractivity contribution is -0.194. The van der Waals surface area contributed by atoms with Crippen LogP contribution in [0.25, 0.3) is 0 Å². The Bertz CT molecular complexity index is 893. The van der Waals surface area contributed by atoms with Gasteiger partial charge in [0.1, 0.15) is 17.3 Å². The van der Waals surface area contributed by atoms with Gasteiger partial charge >= 0.3 is 5.97 Å². The van der Waals surface area contributed by atoms with Crippen molar-refractivity contribution >= 4 is 11.8 Å². The average molecular weight is 459 g/mol. The summed E-state index contributed by atoms with van der Waals surface area (Å²) in [6.07, 6.45) is 8.15. The molecular weight excluding hydrogens is 416 g/mol. The Morgan fingerprint density at radius 1 is 0.970 bits per heavy atom. The number of fused-ring (bicyclic) bond motifs is 7. The number of carboxylic acid groups (broad SMARTS) is 1. The molecule has 0 amide bonds. The summed E-state index contributed by atoms with van der Waals surface area (Å²) in [4.78, 5) is 25.9. The molecule has 5 heteroatoms. The predicted octanol–water partition coefficient (Wildman–Crippen LogP) is 6.29. The summed E-state index contributed by atoms with van der Waals surface area (Å²) >= 11 is 0. The molecule has 0 radical (unpaired) electrons. The smallest absolute Gasteiger partial charge is 0.303 e. The molecule has 184 valence electrons. The molecule has 0 aromatic heterocycles. The Morgan fingerprint density at radius 3 is 2.33 bits per heavy atom. The number of ketones is 1. The van der Waals surface area contributed by atoms with Gasteiger partial charge in [0, 0.05) is 24.7 Å². The van der Waals surface area contributed by atoms with Crippen molar-refractivity contribution in [2.75, 3.05) is 0 Å². The highest BCUT2D eigenvalue weighted by Gasteiger charge is 2.66. The number of carbonyl (C=O) groups excluding carboxylic acids is 1. The first-order valence-corrected chi connectivity index (χ1v) is 13.3. The molecular formula is C28H42O5. The molecule has 5 nitrogen and oxygen atoms in total. The number of aliphatic hydroxyl groups is 2. The molecule has 33 heavy (non-hydrogen) atoms. The quantitative estimate of drug-likeness (QED) is 0.452. The summed E-state index contributed by atoms with van der Waals surface area (Å²) in [5.41, 5.74) is -0.392. The third kappa shape index (κ3) is 3.16. The fraction of sp³-hybridized carbons (Fsp3) is 0.857. The number of hydrogen-bond donors (Lipinski definition) is 3. The summed E-state index contributed by atoms with van der Waals surface area (Å²) in [7, 11) is 0. The number of rotatable bonds is 2. The zero-order chi connectivity index (χ0) is 23.9. The van der Waals surface area contributed by atoms with Gasteiger partial charge in [0.25, 0.3) is 0 Å². The maximum atomic E-state index is 14.0. The molecule has 0 aliphatic heterocycles. The van der Waals surface area contributed by atoms with Crippen molar-refractivity contribution in [3.05, 3.63) is 11.5 Å². The highest BCUT2D eigenvalue weighted by atomic mass is 16.4. The van der Waals surface area contributed by atoms with Crippen LogP contribution in [-0.4, -0.2) is 27.1 Å². The van der Waals surface area contributed by atoms with Gasteiger partial charge in [-0.15, -0.1) is 0 Å². The second-order valence-electron chi connectivity index (χ2n) is 13.3. The number of carbonyl (C=O) groups is 2. The second kappa shape index (κ2) is 7.49. The van der Waals surface area contributed by atoms with Crippen molar-refractivity contribution in [1.29, 1.82) is 0 Å². The van der Waals surface area contributed by atoms with Crippen LogP contribution in [0, 0.1) is 57.7 Å². The molecule has 0 aromatic carbocycles. The van der Waals surface area contributed by atoms with Crippen LogP contribution in [0.2, 0.25) is 0 Å². The largest absolute Gasteiger partial charge is 0.509 e. The van der Waals surface area contributed by atoms with Crippen molar-refractivity contribution in [3.8, 4) is 0 Å². The Morgan fingerprint density at radius 2 is 1.64 bits per heavy atom. The first kappa shape index (κ1) is 23.2. The molecule has 0 aromatic rings. The van der Waals surface area contributed by atoms with E-state index in [0.717, 1.165) is 44.9 Å². The van der Waals surface area contributed by atoms with Crippen molar-refractivity contribution in [2.24, 2.45) is 57.7 Å². The molecule has 5 aliphatic rings. The van der Waals surface area contributed by atoms with Crippen LogP contribution >= 0.6 is 0 Å². The first-order chi connectivity index (χ1) is 15.4. The van der Waals surface area contributed by atoms with E-state index in [9.17, 15) is 24.9 Å². The lowest BCUT2D eigenvalue weighted by atomic mass is 9.36. The lowest BCUT2D eigenvalue weighted by Gasteiger charge is -2.67. The zero-order valence-corrected chi connectivity index (χ0v) is 20.8. The number of allylic oxidation sites excluding steroid dienone is 2. The van der Waals surface area contributed by atoms with Crippen LogP contribution in [0.15, 0.2) is 11.5 Å². The Labute approximate surface area is 198 Å². The van der Waals surface area contributed by atoms with E-state index in [-0.39, 0.29) is 63.8 Å². The van der Waals surface area contributed by atoms with Gasteiger partial charge in [0.05, 0.1) is 6.42 Å². The highest BCUT2D eigenvalue weighted by molar-refractivity contribution is 5.84. The third-order valence-electron chi connectivity index (χ3n) is 11.8. The minimum absolute atomic E-state index is 0.0131. The number of hydrogen-bond acceptors (Lipinski definition) is 4. The molecule has 10 atom stereocenters. The lowest BCUT2D eigenvalue weighted by Crippen LogP contribution is -2.63. The number of aliphatic carboxylic acids is 1. The Kier molecular flexibility index (Phi) is 5.27. The summed E-state index contributed by atoms with van der Waals surface area (Å²) in [6.45, 7) is 8.95. The standard InChI is InChI=1S/C28H42O5/c1-15-5-9-28(14-23(31)32)10-7-18-24(19(28)11-15)20(29)12-22-26(18,3)8-6-17-16(2)25(33)21(30)13-27(17,22)4/h15-19,22,24,30,33H,5-14H2,1-4H3,(H,31,32). The fourth-order valence-corrected chi connectivity index (χ4v) is 10.3. The van der Waals surface area contributed by atoms with E-state index in [1.807, 2.05) is 6.92 Å². The molecule has 0 saturated heterocycles. The van der Waals surface area contributed by atoms with E-state index in [2.05, 4.69) is 20.8 Å². The molecule has 4 fully saturated rings. The van der Waals surface area contributed by atoms with Gasteiger partial charge < -0.3 is 15.3 Å².